The largest absolute Gasteiger partial charge is 0.314 e. The minimum absolute atomic E-state index is 0. The van der Waals surface area contributed by atoms with Gasteiger partial charge in [0, 0.05) is 38.1 Å². The van der Waals surface area contributed by atoms with Crippen LogP contribution < -0.4 is 5.32 Å². The van der Waals surface area contributed by atoms with E-state index in [0.717, 1.165) is 19.5 Å². The number of piperazine rings is 1. The molecule has 17 heavy (non-hydrogen) atoms. The van der Waals surface area contributed by atoms with Gasteiger partial charge in [-0.2, -0.15) is 0 Å². The van der Waals surface area contributed by atoms with Crippen molar-refractivity contribution in [2.75, 3.05) is 32.7 Å². The van der Waals surface area contributed by atoms with Crippen LogP contribution in [0.25, 0.3) is 0 Å². The van der Waals surface area contributed by atoms with E-state index >= 15 is 0 Å². The Morgan fingerprint density at radius 1 is 1.18 bits per heavy atom. The minimum Gasteiger partial charge on any atom is -0.314 e. The first kappa shape index (κ1) is 16.6. The summed E-state index contributed by atoms with van der Waals surface area (Å²) in [5, 5.41) is 3.37. The van der Waals surface area contributed by atoms with E-state index in [1.165, 1.54) is 31.7 Å². The molecular formula is C12H21Cl2N3. The fourth-order valence-electron chi connectivity index (χ4n) is 1.96. The molecule has 0 aromatic carbocycles. The average Bonchev–Trinajstić information content (AvgIpc) is 2.32. The number of hydrogen-bond acceptors (Lipinski definition) is 3. The quantitative estimate of drug-likeness (QED) is 0.909. The van der Waals surface area contributed by atoms with Gasteiger partial charge in [0.25, 0.3) is 0 Å². The summed E-state index contributed by atoms with van der Waals surface area (Å²) in [6.45, 7) is 5.88. The molecule has 0 saturated carbocycles. The molecule has 1 aromatic rings. The van der Waals surface area contributed by atoms with Crippen LogP contribution in [0.4, 0.5) is 0 Å². The second-order valence-corrected chi connectivity index (χ2v) is 4.02. The lowest BCUT2D eigenvalue weighted by Crippen LogP contribution is -2.43. The summed E-state index contributed by atoms with van der Waals surface area (Å²) >= 11 is 0. The molecule has 0 atom stereocenters. The van der Waals surface area contributed by atoms with E-state index in [1.54, 1.807) is 0 Å². The molecule has 1 aliphatic heterocycles. The van der Waals surface area contributed by atoms with Crippen LogP contribution in [-0.2, 0) is 6.42 Å². The fraction of sp³-hybridized carbons (Fsp3) is 0.583. The molecule has 0 unspecified atom stereocenters. The molecule has 0 radical (unpaired) electrons. The van der Waals surface area contributed by atoms with Crippen molar-refractivity contribution in [1.29, 1.82) is 0 Å². The van der Waals surface area contributed by atoms with E-state index in [0.29, 0.717) is 0 Å². The van der Waals surface area contributed by atoms with Gasteiger partial charge in [-0.3, -0.25) is 4.98 Å². The number of nitrogens with one attached hydrogen (secondary N) is 1. The Hall–Kier alpha value is -0.350. The molecule has 1 fully saturated rings. The number of hydrogen-bond donors (Lipinski definition) is 1. The van der Waals surface area contributed by atoms with Crippen LogP contribution in [0.2, 0.25) is 0 Å². The number of aromatic nitrogens is 1. The van der Waals surface area contributed by atoms with Gasteiger partial charge in [-0.25, -0.2) is 0 Å². The van der Waals surface area contributed by atoms with E-state index in [2.05, 4.69) is 27.3 Å². The Kier molecular flexibility index (Phi) is 9.46. The predicted octanol–water partition coefficient (Wildman–Crippen LogP) is 1.76. The summed E-state index contributed by atoms with van der Waals surface area (Å²) in [7, 11) is 0. The summed E-state index contributed by atoms with van der Waals surface area (Å²) in [4.78, 5) is 6.86. The third kappa shape index (κ3) is 6.22. The molecule has 1 aliphatic rings. The lowest BCUT2D eigenvalue weighted by Gasteiger charge is -2.26. The Labute approximate surface area is 116 Å². The number of halogens is 2. The van der Waals surface area contributed by atoms with Crippen LogP contribution >= 0.6 is 24.8 Å². The van der Waals surface area contributed by atoms with Gasteiger partial charge in [0.15, 0.2) is 0 Å². The van der Waals surface area contributed by atoms with Gasteiger partial charge in [-0.05, 0) is 31.5 Å². The SMILES string of the molecule is Cl.Cl.c1ccc(CCCN2CCNCC2)nc1. The Bertz CT molecular complexity index is 276. The molecule has 0 bridgehead atoms. The molecule has 1 aromatic heterocycles. The standard InChI is InChI=1S/C12H19N3.2ClH/c1-2-6-14-12(4-1)5-3-9-15-10-7-13-8-11-15;;/h1-2,4,6,13H,3,5,7-11H2;2*1H. The molecule has 2 rings (SSSR count). The van der Waals surface area contributed by atoms with E-state index in [4.69, 9.17) is 0 Å². The molecule has 0 spiro atoms. The predicted molar refractivity (Wildman–Crippen MR) is 76.4 cm³/mol. The maximum absolute atomic E-state index is 4.33. The topological polar surface area (TPSA) is 28.2 Å². The molecule has 0 amide bonds. The van der Waals surface area contributed by atoms with Crippen molar-refractivity contribution >= 4 is 24.8 Å². The summed E-state index contributed by atoms with van der Waals surface area (Å²) in [6.07, 6.45) is 4.20. The zero-order chi connectivity index (χ0) is 10.3. The molecule has 1 N–H and O–H groups in total. The zero-order valence-electron chi connectivity index (χ0n) is 9.97. The second kappa shape index (κ2) is 9.66. The highest BCUT2D eigenvalue weighted by Crippen LogP contribution is 2.01. The summed E-state index contributed by atoms with van der Waals surface area (Å²) in [6, 6.07) is 6.14. The van der Waals surface area contributed by atoms with E-state index < -0.39 is 0 Å². The maximum atomic E-state index is 4.33. The molecule has 98 valence electrons. The lowest BCUT2D eigenvalue weighted by molar-refractivity contribution is 0.238. The van der Waals surface area contributed by atoms with Crippen molar-refractivity contribution in [3.63, 3.8) is 0 Å². The van der Waals surface area contributed by atoms with Crippen LogP contribution in [-0.4, -0.2) is 42.6 Å². The Balaban J connectivity index is 0.00000128. The van der Waals surface area contributed by atoms with Crippen LogP contribution in [0.5, 0.6) is 0 Å². The van der Waals surface area contributed by atoms with Gasteiger partial charge in [0.2, 0.25) is 0 Å². The van der Waals surface area contributed by atoms with Crippen LogP contribution in [0.15, 0.2) is 24.4 Å². The highest BCUT2D eigenvalue weighted by atomic mass is 35.5. The summed E-state index contributed by atoms with van der Waals surface area (Å²) in [5.74, 6) is 0. The fourth-order valence-corrected chi connectivity index (χ4v) is 1.96. The number of pyridine rings is 1. The summed E-state index contributed by atoms with van der Waals surface area (Å²) < 4.78 is 0. The third-order valence-electron chi connectivity index (χ3n) is 2.84. The van der Waals surface area contributed by atoms with Crippen molar-refractivity contribution in [1.82, 2.24) is 15.2 Å². The van der Waals surface area contributed by atoms with Crippen LogP contribution in [0.1, 0.15) is 12.1 Å². The smallest absolute Gasteiger partial charge is 0.0404 e. The normalized spacial score (nSPS) is 15.8. The van der Waals surface area contributed by atoms with Crippen molar-refractivity contribution < 1.29 is 0 Å². The number of aryl methyl sites for hydroxylation is 1. The summed E-state index contributed by atoms with van der Waals surface area (Å²) in [5.41, 5.74) is 1.22. The second-order valence-electron chi connectivity index (χ2n) is 4.02. The monoisotopic (exact) mass is 277 g/mol. The van der Waals surface area contributed by atoms with Gasteiger partial charge < -0.3 is 10.2 Å². The Morgan fingerprint density at radius 3 is 2.59 bits per heavy atom. The van der Waals surface area contributed by atoms with E-state index in [1.807, 2.05) is 12.3 Å². The molecule has 0 aliphatic carbocycles. The van der Waals surface area contributed by atoms with Gasteiger partial charge in [-0.1, -0.05) is 6.07 Å². The lowest BCUT2D eigenvalue weighted by atomic mass is 10.2. The van der Waals surface area contributed by atoms with Gasteiger partial charge >= 0.3 is 0 Å². The van der Waals surface area contributed by atoms with Crippen molar-refractivity contribution in [3.8, 4) is 0 Å². The highest BCUT2D eigenvalue weighted by Gasteiger charge is 2.08. The third-order valence-corrected chi connectivity index (χ3v) is 2.84. The molecular weight excluding hydrogens is 257 g/mol. The maximum Gasteiger partial charge on any atom is 0.0404 e. The molecule has 1 saturated heterocycles. The van der Waals surface area contributed by atoms with E-state index in [9.17, 15) is 0 Å². The van der Waals surface area contributed by atoms with Crippen LogP contribution in [0, 0.1) is 0 Å². The van der Waals surface area contributed by atoms with Crippen molar-refractivity contribution in [3.05, 3.63) is 30.1 Å². The minimum atomic E-state index is 0. The molecule has 3 nitrogen and oxygen atoms in total. The van der Waals surface area contributed by atoms with Crippen LogP contribution in [0.3, 0.4) is 0 Å². The number of rotatable bonds is 4. The Morgan fingerprint density at radius 2 is 1.94 bits per heavy atom. The van der Waals surface area contributed by atoms with Gasteiger partial charge in [-0.15, -0.1) is 24.8 Å². The van der Waals surface area contributed by atoms with Crippen molar-refractivity contribution in [2.24, 2.45) is 0 Å². The average molecular weight is 278 g/mol. The first-order valence-corrected chi connectivity index (χ1v) is 5.78. The van der Waals surface area contributed by atoms with E-state index in [-0.39, 0.29) is 24.8 Å². The first-order valence-electron chi connectivity index (χ1n) is 5.78. The first-order chi connectivity index (χ1) is 7.45. The van der Waals surface area contributed by atoms with Crippen molar-refractivity contribution in [2.45, 2.75) is 12.8 Å². The zero-order valence-corrected chi connectivity index (χ0v) is 11.6. The highest BCUT2D eigenvalue weighted by molar-refractivity contribution is 5.85. The van der Waals surface area contributed by atoms with Gasteiger partial charge in [0.05, 0.1) is 0 Å². The molecule has 2 heterocycles. The van der Waals surface area contributed by atoms with Gasteiger partial charge in [0.1, 0.15) is 0 Å². The number of nitrogens with zero attached hydrogens (tertiary/aromatic N) is 2. The molecule has 5 heteroatoms.